The van der Waals surface area contributed by atoms with Crippen LogP contribution in [0.2, 0.25) is 5.02 Å². The summed E-state index contributed by atoms with van der Waals surface area (Å²) in [6.45, 7) is 0.300. The largest absolute Gasteiger partial charge is 0.452 e. The monoisotopic (exact) mass is 401 g/mol. The summed E-state index contributed by atoms with van der Waals surface area (Å²) in [6, 6.07) is 13.8. The van der Waals surface area contributed by atoms with Crippen LogP contribution in [0.25, 0.3) is 0 Å². The van der Waals surface area contributed by atoms with Crippen LogP contribution >= 0.6 is 11.6 Å². The Morgan fingerprint density at radius 3 is 2.57 bits per heavy atom. The summed E-state index contributed by atoms with van der Waals surface area (Å²) in [5.41, 5.74) is 1.90. The first-order valence-corrected chi connectivity index (χ1v) is 9.05. The minimum atomic E-state index is -0.484. The number of methoxy groups -OCH3 is 1. The molecular formula is C20H20ClN3O4. The summed E-state index contributed by atoms with van der Waals surface area (Å²) in [5.74, 6) is -0.798. The fraction of sp³-hybridized carbons (Fsp3) is 0.250. The van der Waals surface area contributed by atoms with Gasteiger partial charge in [-0.15, -0.1) is 0 Å². The van der Waals surface area contributed by atoms with Crippen LogP contribution < -0.4 is 15.1 Å². The highest BCUT2D eigenvalue weighted by atomic mass is 35.5. The van der Waals surface area contributed by atoms with Crippen molar-refractivity contribution in [3.8, 4) is 0 Å². The molecule has 1 heterocycles. The van der Waals surface area contributed by atoms with Crippen molar-refractivity contribution >= 4 is 46.6 Å². The standard InChI is InChI=1S/C20H20ClN3O4/c1-23(20(27)28-2)16-8-6-15(7-9-16)22-19(26)13-10-18(25)24(12-13)17-5-3-4-14(21)11-17/h3-9,11,13H,10,12H2,1-2H3,(H,22,26). The fourth-order valence-corrected chi connectivity index (χ4v) is 3.22. The van der Waals surface area contributed by atoms with Crippen LogP contribution in [0.4, 0.5) is 21.9 Å². The SMILES string of the molecule is COC(=O)N(C)c1ccc(NC(=O)C2CC(=O)N(c3cccc(Cl)c3)C2)cc1. The zero-order valence-electron chi connectivity index (χ0n) is 15.5. The van der Waals surface area contributed by atoms with Gasteiger partial charge in [-0.2, -0.15) is 0 Å². The van der Waals surface area contributed by atoms with Crippen molar-refractivity contribution in [2.45, 2.75) is 6.42 Å². The highest BCUT2D eigenvalue weighted by molar-refractivity contribution is 6.31. The number of carbonyl (C=O) groups excluding carboxylic acids is 3. The molecule has 0 radical (unpaired) electrons. The van der Waals surface area contributed by atoms with Gasteiger partial charge in [0.15, 0.2) is 0 Å². The summed E-state index contributed by atoms with van der Waals surface area (Å²) in [4.78, 5) is 39.4. The molecular weight excluding hydrogens is 382 g/mol. The molecule has 3 amide bonds. The summed E-state index contributed by atoms with van der Waals surface area (Å²) in [6.07, 6.45) is -0.344. The van der Waals surface area contributed by atoms with E-state index in [0.29, 0.717) is 28.6 Å². The van der Waals surface area contributed by atoms with E-state index < -0.39 is 12.0 Å². The molecule has 1 fully saturated rings. The topological polar surface area (TPSA) is 79.0 Å². The molecule has 0 spiro atoms. The Kier molecular flexibility index (Phi) is 5.84. The Balaban J connectivity index is 1.64. The molecule has 2 aromatic carbocycles. The van der Waals surface area contributed by atoms with E-state index in [1.165, 1.54) is 12.0 Å². The summed E-state index contributed by atoms with van der Waals surface area (Å²) in [5, 5.41) is 3.36. The third-order valence-electron chi connectivity index (χ3n) is 4.59. The number of nitrogens with one attached hydrogen (secondary N) is 1. The first-order chi connectivity index (χ1) is 13.4. The van der Waals surface area contributed by atoms with E-state index in [9.17, 15) is 14.4 Å². The van der Waals surface area contributed by atoms with Crippen LogP contribution in [0.15, 0.2) is 48.5 Å². The minimum absolute atomic E-state index is 0.113. The minimum Gasteiger partial charge on any atom is -0.452 e. The first kappa shape index (κ1) is 19.7. The third-order valence-corrected chi connectivity index (χ3v) is 4.82. The summed E-state index contributed by atoms with van der Waals surface area (Å²) < 4.78 is 4.67. The number of benzene rings is 2. The highest BCUT2D eigenvalue weighted by Gasteiger charge is 2.35. The lowest BCUT2D eigenvalue weighted by Gasteiger charge is -2.17. The molecule has 8 heteroatoms. The average molecular weight is 402 g/mol. The van der Waals surface area contributed by atoms with Gasteiger partial charge in [0.1, 0.15) is 0 Å². The lowest BCUT2D eigenvalue weighted by Crippen LogP contribution is -2.28. The molecule has 1 saturated heterocycles. The normalized spacial score (nSPS) is 16.0. The number of nitrogens with zero attached hydrogens (tertiary/aromatic N) is 2. The van der Waals surface area contributed by atoms with Crippen LogP contribution in [0.5, 0.6) is 0 Å². The predicted octanol–water partition coefficient (Wildman–Crippen LogP) is 3.53. The second kappa shape index (κ2) is 8.31. The van der Waals surface area contributed by atoms with Crippen LogP contribution in [-0.2, 0) is 14.3 Å². The van der Waals surface area contributed by atoms with Crippen molar-refractivity contribution in [3.63, 3.8) is 0 Å². The van der Waals surface area contributed by atoms with E-state index in [1.807, 2.05) is 0 Å². The Morgan fingerprint density at radius 2 is 1.93 bits per heavy atom. The van der Waals surface area contributed by atoms with Crippen molar-refractivity contribution in [1.29, 1.82) is 0 Å². The van der Waals surface area contributed by atoms with E-state index in [1.54, 1.807) is 60.5 Å². The van der Waals surface area contributed by atoms with Crippen LogP contribution in [0.1, 0.15) is 6.42 Å². The maximum atomic E-state index is 12.6. The Labute approximate surface area is 167 Å². The number of hydrogen-bond donors (Lipinski definition) is 1. The number of ether oxygens (including phenoxy) is 1. The van der Waals surface area contributed by atoms with Crippen LogP contribution in [-0.4, -0.2) is 38.6 Å². The summed E-state index contributed by atoms with van der Waals surface area (Å²) >= 11 is 5.99. The zero-order valence-corrected chi connectivity index (χ0v) is 16.3. The van der Waals surface area contributed by atoms with Gasteiger partial charge in [-0.25, -0.2) is 4.79 Å². The molecule has 1 aliphatic rings. The van der Waals surface area contributed by atoms with Crippen molar-refractivity contribution in [1.82, 2.24) is 0 Å². The number of hydrogen-bond acceptors (Lipinski definition) is 4. The van der Waals surface area contributed by atoms with Crippen molar-refractivity contribution in [3.05, 3.63) is 53.6 Å². The smallest absolute Gasteiger partial charge is 0.413 e. The maximum Gasteiger partial charge on any atom is 0.413 e. The average Bonchev–Trinajstić information content (AvgIpc) is 3.09. The Bertz CT molecular complexity index is 901. The number of halogens is 1. The second-order valence-corrected chi connectivity index (χ2v) is 6.89. The van der Waals surface area contributed by atoms with Gasteiger partial charge < -0.3 is 15.0 Å². The predicted molar refractivity (Wildman–Crippen MR) is 108 cm³/mol. The first-order valence-electron chi connectivity index (χ1n) is 8.67. The molecule has 1 atom stereocenters. The molecule has 146 valence electrons. The number of rotatable bonds is 4. The quantitative estimate of drug-likeness (QED) is 0.849. The molecule has 1 aliphatic heterocycles. The van der Waals surface area contributed by atoms with Gasteiger partial charge in [0, 0.05) is 42.1 Å². The fourth-order valence-electron chi connectivity index (χ4n) is 3.03. The molecule has 7 nitrogen and oxygen atoms in total. The van der Waals surface area contributed by atoms with E-state index in [2.05, 4.69) is 10.1 Å². The van der Waals surface area contributed by atoms with Crippen molar-refractivity contribution in [2.24, 2.45) is 5.92 Å². The summed E-state index contributed by atoms with van der Waals surface area (Å²) in [7, 11) is 2.90. The molecule has 1 N–H and O–H groups in total. The number of carbonyl (C=O) groups is 3. The van der Waals surface area contributed by atoms with E-state index in [4.69, 9.17) is 11.6 Å². The van der Waals surface area contributed by atoms with E-state index >= 15 is 0 Å². The molecule has 28 heavy (non-hydrogen) atoms. The van der Waals surface area contributed by atoms with Gasteiger partial charge in [0.05, 0.1) is 13.0 Å². The van der Waals surface area contributed by atoms with Gasteiger partial charge >= 0.3 is 6.09 Å². The zero-order chi connectivity index (χ0) is 20.3. The van der Waals surface area contributed by atoms with Gasteiger partial charge in [-0.05, 0) is 42.5 Å². The van der Waals surface area contributed by atoms with Crippen LogP contribution in [0, 0.1) is 5.92 Å². The lowest BCUT2D eigenvalue weighted by molar-refractivity contribution is -0.122. The van der Waals surface area contributed by atoms with Crippen LogP contribution in [0.3, 0.4) is 0 Å². The number of amides is 3. The van der Waals surface area contributed by atoms with Gasteiger partial charge in [0.2, 0.25) is 11.8 Å². The Hall–Kier alpha value is -3.06. The Morgan fingerprint density at radius 1 is 1.21 bits per heavy atom. The maximum absolute atomic E-state index is 12.6. The molecule has 0 aliphatic carbocycles. The third kappa shape index (κ3) is 4.26. The van der Waals surface area contributed by atoms with E-state index in [0.717, 1.165) is 0 Å². The number of anilines is 3. The van der Waals surface area contributed by atoms with Crippen molar-refractivity contribution in [2.75, 3.05) is 35.8 Å². The molecule has 2 aromatic rings. The van der Waals surface area contributed by atoms with Gasteiger partial charge in [-0.3, -0.25) is 14.5 Å². The van der Waals surface area contributed by atoms with Crippen molar-refractivity contribution < 1.29 is 19.1 Å². The van der Waals surface area contributed by atoms with E-state index in [-0.39, 0.29) is 18.2 Å². The van der Waals surface area contributed by atoms with Gasteiger partial charge in [-0.1, -0.05) is 17.7 Å². The highest BCUT2D eigenvalue weighted by Crippen LogP contribution is 2.28. The molecule has 1 unspecified atom stereocenters. The molecule has 3 rings (SSSR count). The molecule has 0 aromatic heterocycles. The lowest BCUT2D eigenvalue weighted by atomic mass is 10.1. The molecule has 0 bridgehead atoms. The van der Waals surface area contributed by atoms with Gasteiger partial charge in [0.25, 0.3) is 0 Å². The second-order valence-electron chi connectivity index (χ2n) is 6.45. The molecule has 0 saturated carbocycles.